The van der Waals surface area contributed by atoms with E-state index in [1.54, 1.807) is 12.1 Å². The Labute approximate surface area is 131 Å². The maximum Gasteiger partial charge on any atom is 0.251 e. The standard InChI is InChI=1S/C15H22N2O4S/c1-3-12-5-6-13(15(18)16-4-2)11-14(12)22(19,20)17-7-9-21-10-8-17/h5-6,11H,3-4,7-10H2,1-2H3,(H,16,18). The Hall–Kier alpha value is -1.44. The van der Waals surface area contributed by atoms with Crippen LogP contribution in [0.5, 0.6) is 0 Å². The van der Waals surface area contributed by atoms with E-state index in [9.17, 15) is 13.2 Å². The number of hydrogen-bond acceptors (Lipinski definition) is 4. The summed E-state index contributed by atoms with van der Waals surface area (Å²) in [5, 5.41) is 2.69. The highest BCUT2D eigenvalue weighted by atomic mass is 32.2. The molecule has 7 heteroatoms. The first-order valence-corrected chi connectivity index (χ1v) is 8.93. The van der Waals surface area contributed by atoms with Crippen LogP contribution >= 0.6 is 0 Å². The van der Waals surface area contributed by atoms with Gasteiger partial charge < -0.3 is 10.1 Å². The summed E-state index contributed by atoms with van der Waals surface area (Å²) in [7, 11) is -3.60. The molecule has 22 heavy (non-hydrogen) atoms. The number of hydrogen-bond donors (Lipinski definition) is 1. The van der Waals surface area contributed by atoms with Crippen LogP contribution in [-0.2, 0) is 21.2 Å². The van der Waals surface area contributed by atoms with Crippen LogP contribution in [0.4, 0.5) is 0 Å². The number of aryl methyl sites for hydroxylation is 1. The number of rotatable bonds is 5. The second-order valence-corrected chi connectivity index (χ2v) is 6.96. The van der Waals surface area contributed by atoms with Crippen LogP contribution in [0.1, 0.15) is 29.8 Å². The predicted octanol–water partition coefficient (Wildman–Crippen LogP) is 1.02. The highest BCUT2D eigenvalue weighted by molar-refractivity contribution is 7.89. The van der Waals surface area contributed by atoms with Crippen molar-refractivity contribution in [1.82, 2.24) is 9.62 Å². The zero-order chi connectivity index (χ0) is 16.2. The van der Waals surface area contributed by atoms with Gasteiger partial charge in [0.15, 0.2) is 0 Å². The van der Waals surface area contributed by atoms with Gasteiger partial charge in [-0.3, -0.25) is 4.79 Å². The fraction of sp³-hybridized carbons (Fsp3) is 0.533. The van der Waals surface area contributed by atoms with Crippen molar-refractivity contribution in [3.8, 4) is 0 Å². The molecule has 0 bridgehead atoms. The molecule has 1 aromatic carbocycles. The number of nitrogens with one attached hydrogen (secondary N) is 1. The lowest BCUT2D eigenvalue weighted by molar-refractivity contribution is 0.0730. The Morgan fingerprint density at radius 3 is 2.55 bits per heavy atom. The zero-order valence-electron chi connectivity index (χ0n) is 13.0. The normalized spacial score (nSPS) is 16.5. The van der Waals surface area contributed by atoms with E-state index >= 15 is 0 Å². The van der Waals surface area contributed by atoms with Crippen LogP contribution in [0.2, 0.25) is 0 Å². The van der Waals surface area contributed by atoms with Crippen molar-refractivity contribution >= 4 is 15.9 Å². The minimum atomic E-state index is -3.60. The second kappa shape index (κ2) is 7.21. The second-order valence-electron chi connectivity index (χ2n) is 5.05. The van der Waals surface area contributed by atoms with Gasteiger partial charge in [0.2, 0.25) is 10.0 Å². The molecule has 0 atom stereocenters. The van der Waals surface area contributed by atoms with E-state index < -0.39 is 10.0 Å². The first-order valence-electron chi connectivity index (χ1n) is 7.49. The van der Waals surface area contributed by atoms with E-state index in [2.05, 4.69) is 5.32 Å². The Bertz CT molecular complexity index is 637. The molecular formula is C15H22N2O4S. The number of carbonyl (C=O) groups excluding carboxylic acids is 1. The molecule has 1 heterocycles. The van der Waals surface area contributed by atoms with Crippen molar-refractivity contribution in [2.24, 2.45) is 0 Å². The lowest BCUT2D eigenvalue weighted by atomic mass is 10.1. The van der Waals surface area contributed by atoms with Crippen LogP contribution in [-0.4, -0.2) is 51.5 Å². The molecule has 1 N–H and O–H groups in total. The topological polar surface area (TPSA) is 75.7 Å². The summed E-state index contributed by atoms with van der Waals surface area (Å²) in [5.74, 6) is -0.261. The molecule has 1 saturated heterocycles. The van der Waals surface area contributed by atoms with Gasteiger partial charge in [-0.1, -0.05) is 13.0 Å². The average molecular weight is 326 g/mol. The number of carbonyl (C=O) groups is 1. The Morgan fingerprint density at radius 1 is 1.27 bits per heavy atom. The summed E-state index contributed by atoms with van der Waals surface area (Å²) in [6.45, 7) is 5.71. The van der Waals surface area contributed by atoms with Crippen molar-refractivity contribution in [2.45, 2.75) is 25.2 Å². The molecule has 0 aromatic heterocycles. The smallest absolute Gasteiger partial charge is 0.251 e. The average Bonchev–Trinajstić information content (AvgIpc) is 2.55. The largest absolute Gasteiger partial charge is 0.379 e. The van der Waals surface area contributed by atoms with E-state index in [1.807, 2.05) is 13.8 Å². The molecule has 2 rings (SSSR count). The van der Waals surface area contributed by atoms with Gasteiger partial charge in [-0.2, -0.15) is 4.31 Å². The minimum Gasteiger partial charge on any atom is -0.379 e. The molecule has 6 nitrogen and oxygen atoms in total. The molecule has 0 saturated carbocycles. The third-order valence-electron chi connectivity index (χ3n) is 3.64. The van der Waals surface area contributed by atoms with E-state index in [1.165, 1.54) is 10.4 Å². The number of sulfonamides is 1. The number of benzene rings is 1. The maximum absolute atomic E-state index is 12.8. The van der Waals surface area contributed by atoms with Gasteiger partial charge in [0.05, 0.1) is 18.1 Å². The summed E-state index contributed by atoms with van der Waals surface area (Å²) >= 11 is 0. The summed E-state index contributed by atoms with van der Waals surface area (Å²) in [6.07, 6.45) is 0.592. The molecule has 0 aliphatic carbocycles. The van der Waals surface area contributed by atoms with Gasteiger partial charge >= 0.3 is 0 Å². The van der Waals surface area contributed by atoms with Crippen molar-refractivity contribution in [2.75, 3.05) is 32.8 Å². The van der Waals surface area contributed by atoms with Crippen LogP contribution < -0.4 is 5.32 Å². The van der Waals surface area contributed by atoms with Crippen LogP contribution in [0.3, 0.4) is 0 Å². The van der Waals surface area contributed by atoms with Gasteiger partial charge in [0.25, 0.3) is 5.91 Å². The molecule has 1 aliphatic heterocycles. The SMILES string of the molecule is CCNC(=O)c1ccc(CC)c(S(=O)(=O)N2CCOCC2)c1. The van der Waals surface area contributed by atoms with Gasteiger partial charge in [-0.15, -0.1) is 0 Å². The summed E-state index contributed by atoms with van der Waals surface area (Å²) in [6, 6.07) is 4.87. The Balaban J connectivity index is 2.42. The Kier molecular flexibility index (Phi) is 5.55. The van der Waals surface area contributed by atoms with Gasteiger partial charge in [0, 0.05) is 25.2 Å². The summed E-state index contributed by atoms with van der Waals surface area (Å²) in [4.78, 5) is 12.2. The lowest BCUT2D eigenvalue weighted by Gasteiger charge is -2.27. The van der Waals surface area contributed by atoms with E-state index in [4.69, 9.17) is 4.74 Å². The number of amides is 1. The molecule has 122 valence electrons. The summed E-state index contributed by atoms with van der Waals surface area (Å²) < 4.78 is 32.3. The maximum atomic E-state index is 12.8. The van der Waals surface area contributed by atoms with E-state index in [0.717, 1.165) is 5.56 Å². The Morgan fingerprint density at radius 2 is 1.95 bits per heavy atom. The number of nitrogens with zero attached hydrogens (tertiary/aromatic N) is 1. The first kappa shape index (κ1) is 16.9. The molecule has 1 fully saturated rings. The lowest BCUT2D eigenvalue weighted by Crippen LogP contribution is -2.41. The third-order valence-corrected chi connectivity index (χ3v) is 5.62. The fourth-order valence-electron chi connectivity index (χ4n) is 2.42. The van der Waals surface area contributed by atoms with Crippen LogP contribution in [0.15, 0.2) is 23.1 Å². The number of ether oxygens (including phenoxy) is 1. The first-order chi connectivity index (χ1) is 10.5. The van der Waals surface area contributed by atoms with Crippen molar-refractivity contribution in [1.29, 1.82) is 0 Å². The minimum absolute atomic E-state index is 0.223. The zero-order valence-corrected chi connectivity index (χ0v) is 13.8. The molecule has 1 aliphatic rings. The molecule has 0 radical (unpaired) electrons. The fourth-order valence-corrected chi connectivity index (χ4v) is 4.14. The summed E-state index contributed by atoms with van der Waals surface area (Å²) in [5.41, 5.74) is 1.09. The molecule has 0 spiro atoms. The van der Waals surface area contributed by atoms with E-state index in [-0.39, 0.29) is 10.8 Å². The molecule has 1 aromatic rings. The van der Waals surface area contributed by atoms with Gasteiger partial charge in [-0.05, 0) is 31.0 Å². The molecule has 1 amide bonds. The molecular weight excluding hydrogens is 304 g/mol. The highest BCUT2D eigenvalue weighted by Crippen LogP contribution is 2.23. The van der Waals surface area contributed by atoms with Crippen LogP contribution in [0, 0.1) is 0 Å². The van der Waals surface area contributed by atoms with Gasteiger partial charge in [-0.25, -0.2) is 8.42 Å². The highest BCUT2D eigenvalue weighted by Gasteiger charge is 2.28. The van der Waals surface area contributed by atoms with Crippen molar-refractivity contribution in [3.05, 3.63) is 29.3 Å². The quantitative estimate of drug-likeness (QED) is 0.876. The number of morpholine rings is 1. The van der Waals surface area contributed by atoms with Gasteiger partial charge in [0.1, 0.15) is 0 Å². The van der Waals surface area contributed by atoms with Crippen LogP contribution in [0.25, 0.3) is 0 Å². The van der Waals surface area contributed by atoms with E-state index in [0.29, 0.717) is 44.8 Å². The predicted molar refractivity (Wildman–Crippen MR) is 83.4 cm³/mol. The third kappa shape index (κ3) is 3.48. The monoisotopic (exact) mass is 326 g/mol. The van der Waals surface area contributed by atoms with Crippen molar-refractivity contribution < 1.29 is 17.9 Å². The van der Waals surface area contributed by atoms with Crippen molar-refractivity contribution in [3.63, 3.8) is 0 Å². The molecule has 0 unspecified atom stereocenters.